The molecule has 0 bridgehead atoms. The average Bonchev–Trinajstić information content (AvgIpc) is 1.58. The van der Waals surface area contributed by atoms with Crippen LogP contribution < -0.4 is 32.8 Å². The molecule has 0 unspecified atom stereocenters. The minimum absolute atomic E-state index is 0.0666. The Bertz CT molecular complexity index is 5640. The maximum atomic E-state index is 5.23. The number of benzene rings is 12. The highest BCUT2D eigenvalue weighted by Crippen LogP contribution is 2.42. The minimum atomic E-state index is 0.0666. The van der Waals surface area contributed by atoms with Gasteiger partial charge in [0.2, 0.25) is 13.4 Å². The fourth-order valence-electron chi connectivity index (χ4n) is 15.1. The average molecular weight is 1140 g/mol. The van der Waals surface area contributed by atoms with Crippen molar-refractivity contribution in [3.63, 3.8) is 0 Å². The fourth-order valence-corrected chi connectivity index (χ4v) is 15.1. The first-order chi connectivity index (χ1) is 44.6. The van der Waals surface area contributed by atoms with Gasteiger partial charge in [-0.05, 0) is 102 Å². The zero-order valence-corrected chi connectivity index (χ0v) is 49.3. The van der Waals surface area contributed by atoms with Gasteiger partial charge in [0.1, 0.15) is 0 Å². The second kappa shape index (κ2) is 20.5. The Labute approximate surface area is 521 Å². The third kappa shape index (κ3) is 7.91. The van der Waals surface area contributed by atoms with Gasteiger partial charge in [0.25, 0.3) is 0 Å². The summed E-state index contributed by atoms with van der Waals surface area (Å²) in [5.74, 6) is 1.78. The standard InChI is InChI=1S/C82H54B2N6/c1-3-5-23-52(4-2)80-85-81(53-24-8-6-9-25-53)87-82(86-80)54-26-22-29-58(46-54)89-75-43-40-55(83-70-35-17-12-30-60(70)61-31-13-18-36-71(61)83)47-65(75)68-50-69-66-48-56(84-72-37-19-14-32-62(72)63-33-15-20-38-73(63)84)41-44-76(66)90(79(69)51-78(68)89)59-42-45-77-67(49-59)64-34-16-21-39-74(64)88(77)57-27-10-7-11-28-57/h3-51H,1H2,2H3/b23-5-,52-4+. The van der Waals surface area contributed by atoms with Crippen LogP contribution in [0.2, 0.25) is 0 Å². The summed E-state index contributed by atoms with van der Waals surface area (Å²) in [5, 5.41) is 7.16. The van der Waals surface area contributed by atoms with E-state index in [2.05, 4.69) is 275 Å². The molecule has 0 fully saturated rings. The quantitative estimate of drug-likeness (QED) is 0.101. The molecule has 6 heterocycles. The highest BCUT2D eigenvalue weighted by atomic mass is 15.0. The number of aromatic nitrogens is 6. The van der Waals surface area contributed by atoms with Crippen LogP contribution in [0.1, 0.15) is 12.7 Å². The van der Waals surface area contributed by atoms with Gasteiger partial charge in [-0.1, -0.05) is 264 Å². The van der Waals surface area contributed by atoms with Crippen LogP contribution in [-0.2, 0) is 0 Å². The highest BCUT2D eigenvalue weighted by Gasteiger charge is 2.35. The zero-order valence-electron chi connectivity index (χ0n) is 49.3. The smallest absolute Gasteiger partial charge is 0.242 e. The summed E-state index contributed by atoms with van der Waals surface area (Å²) in [6, 6.07) is 101. The van der Waals surface area contributed by atoms with E-state index in [0.717, 1.165) is 61.3 Å². The van der Waals surface area contributed by atoms with Crippen molar-refractivity contribution < 1.29 is 0 Å². The molecule has 8 heteroatoms. The highest BCUT2D eigenvalue weighted by molar-refractivity contribution is 6.99. The lowest BCUT2D eigenvalue weighted by Crippen LogP contribution is -2.48. The van der Waals surface area contributed by atoms with Gasteiger partial charge in [-0.15, -0.1) is 0 Å². The predicted octanol–water partition coefficient (Wildman–Crippen LogP) is 15.6. The third-order valence-electron chi connectivity index (χ3n) is 19.0. The Morgan fingerprint density at radius 3 is 1.34 bits per heavy atom. The van der Waals surface area contributed by atoms with Crippen LogP contribution in [0.4, 0.5) is 0 Å². The Morgan fingerprint density at radius 1 is 0.344 bits per heavy atom. The van der Waals surface area contributed by atoms with Crippen molar-refractivity contribution in [3.8, 4) is 62.1 Å². The molecule has 0 radical (unpaired) electrons. The summed E-state index contributed by atoms with van der Waals surface area (Å²) in [6.07, 6.45) is 7.73. The molecule has 6 nitrogen and oxygen atoms in total. The lowest BCUT2D eigenvalue weighted by Gasteiger charge is -2.14. The molecular weight excluding hydrogens is 1090 g/mol. The number of allylic oxidation sites excluding steroid dienone is 5. The lowest BCUT2D eigenvalue weighted by molar-refractivity contribution is 1.04. The van der Waals surface area contributed by atoms with Gasteiger partial charge in [0.05, 0.1) is 33.1 Å². The van der Waals surface area contributed by atoms with Crippen molar-refractivity contribution in [2.45, 2.75) is 6.92 Å². The maximum absolute atomic E-state index is 5.23. The van der Waals surface area contributed by atoms with Crippen molar-refractivity contribution in [2.75, 3.05) is 0 Å². The van der Waals surface area contributed by atoms with Crippen LogP contribution >= 0.6 is 0 Å². The molecule has 0 aliphatic carbocycles. The van der Waals surface area contributed by atoms with Crippen LogP contribution in [0.25, 0.3) is 133 Å². The molecule has 418 valence electrons. The lowest BCUT2D eigenvalue weighted by atomic mass is 9.39. The van der Waals surface area contributed by atoms with E-state index >= 15 is 0 Å². The zero-order chi connectivity index (χ0) is 59.6. The molecule has 12 aromatic carbocycles. The molecule has 18 rings (SSSR count). The summed E-state index contributed by atoms with van der Waals surface area (Å²) in [4.78, 5) is 15.5. The van der Waals surface area contributed by atoms with E-state index in [1.54, 1.807) is 6.08 Å². The van der Waals surface area contributed by atoms with E-state index in [9.17, 15) is 0 Å². The van der Waals surface area contributed by atoms with E-state index in [-0.39, 0.29) is 13.4 Å². The van der Waals surface area contributed by atoms with Crippen molar-refractivity contribution in [2.24, 2.45) is 0 Å². The molecule has 0 N–H and O–H groups in total. The topological polar surface area (TPSA) is 53.5 Å². The molecule has 2 aliphatic rings. The first-order valence-electron chi connectivity index (χ1n) is 31.0. The molecular formula is C82H54B2N6. The Balaban J connectivity index is 0.918. The Kier molecular flexibility index (Phi) is 11.8. The molecule has 4 aromatic heterocycles. The molecule has 2 aliphatic heterocycles. The van der Waals surface area contributed by atoms with Crippen molar-refractivity contribution in [1.29, 1.82) is 0 Å². The molecule has 0 spiro atoms. The van der Waals surface area contributed by atoms with E-state index < -0.39 is 0 Å². The van der Waals surface area contributed by atoms with Gasteiger partial charge >= 0.3 is 0 Å². The summed E-state index contributed by atoms with van der Waals surface area (Å²) in [5.41, 5.74) is 25.8. The van der Waals surface area contributed by atoms with E-state index in [0.29, 0.717) is 17.5 Å². The normalized spacial score (nSPS) is 12.7. The van der Waals surface area contributed by atoms with Crippen LogP contribution in [0.3, 0.4) is 0 Å². The van der Waals surface area contributed by atoms with Crippen LogP contribution in [0.15, 0.2) is 304 Å². The number of fused-ring (bicyclic) bond motifs is 15. The molecule has 0 saturated heterocycles. The Morgan fingerprint density at radius 2 is 0.778 bits per heavy atom. The van der Waals surface area contributed by atoms with Gasteiger partial charge in [-0.3, -0.25) is 0 Å². The van der Waals surface area contributed by atoms with Crippen molar-refractivity contribution >= 4 is 117 Å². The summed E-state index contributed by atoms with van der Waals surface area (Å²) in [7, 11) is 0. The fraction of sp³-hybridized carbons (Fsp3) is 0.0122. The van der Waals surface area contributed by atoms with Gasteiger partial charge in [0, 0.05) is 66.1 Å². The molecule has 0 atom stereocenters. The van der Waals surface area contributed by atoms with Crippen LogP contribution in [0.5, 0.6) is 0 Å². The van der Waals surface area contributed by atoms with Gasteiger partial charge in [0.15, 0.2) is 17.5 Å². The van der Waals surface area contributed by atoms with Gasteiger partial charge < -0.3 is 13.7 Å². The minimum Gasteiger partial charge on any atom is -0.309 e. The third-order valence-corrected chi connectivity index (χ3v) is 19.0. The molecule has 0 saturated carbocycles. The van der Waals surface area contributed by atoms with Crippen LogP contribution in [-0.4, -0.2) is 42.1 Å². The maximum Gasteiger partial charge on any atom is 0.242 e. The Hall–Kier alpha value is -11.6. The summed E-state index contributed by atoms with van der Waals surface area (Å²) >= 11 is 0. The summed E-state index contributed by atoms with van der Waals surface area (Å²) in [6.45, 7) is 6.11. The van der Waals surface area contributed by atoms with Crippen molar-refractivity contribution in [1.82, 2.24) is 28.7 Å². The molecule has 90 heavy (non-hydrogen) atoms. The largest absolute Gasteiger partial charge is 0.309 e. The first kappa shape index (κ1) is 51.6. The number of nitrogens with zero attached hydrogens (tertiary/aromatic N) is 6. The van der Waals surface area contributed by atoms with Crippen LogP contribution in [0, 0.1) is 0 Å². The van der Waals surface area contributed by atoms with E-state index in [4.69, 9.17) is 15.0 Å². The number of hydrogen-bond donors (Lipinski definition) is 0. The predicted molar refractivity (Wildman–Crippen MR) is 380 cm³/mol. The second-order valence-electron chi connectivity index (χ2n) is 23.8. The number of para-hydroxylation sites is 2. The summed E-state index contributed by atoms with van der Waals surface area (Å²) < 4.78 is 7.39. The van der Waals surface area contributed by atoms with Gasteiger partial charge in [-0.2, -0.15) is 0 Å². The second-order valence-corrected chi connectivity index (χ2v) is 23.8. The SMILES string of the molecule is C=C/C=C\C(=C/C)c1nc(-c2ccccc2)nc(-c2cccc(-n3c4ccc(B5c6ccccc6-c6ccccc65)cc4c4cc5c6cc(B7c8ccccc8-c8ccccc87)ccc6n(-c6ccc7c(c6)c6ccccc6n7-c6ccccc6)c5cc43)c2)n1. The van der Waals surface area contributed by atoms with Crippen molar-refractivity contribution in [3.05, 3.63) is 310 Å². The first-order valence-corrected chi connectivity index (χ1v) is 31.0. The van der Waals surface area contributed by atoms with E-state index in [1.807, 2.05) is 43.4 Å². The monoisotopic (exact) mass is 1140 g/mol. The number of rotatable bonds is 10. The van der Waals surface area contributed by atoms with Gasteiger partial charge in [-0.25, -0.2) is 15.0 Å². The number of hydrogen-bond acceptors (Lipinski definition) is 3. The molecule has 0 amide bonds. The molecule has 16 aromatic rings. The van der Waals surface area contributed by atoms with E-state index in [1.165, 1.54) is 92.9 Å².